The molecule has 5 heteroatoms. The summed E-state index contributed by atoms with van der Waals surface area (Å²) in [6, 6.07) is 8.43. The van der Waals surface area contributed by atoms with Crippen LogP contribution in [0.1, 0.15) is 42.1 Å². The molecule has 1 N–H and O–H groups in total. The maximum absolute atomic E-state index is 5.47. The first-order valence-electron chi connectivity index (χ1n) is 7.16. The van der Waals surface area contributed by atoms with Crippen molar-refractivity contribution in [2.45, 2.75) is 31.2 Å². The van der Waals surface area contributed by atoms with Crippen molar-refractivity contribution in [3.63, 3.8) is 0 Å². The highest BCUT2D eigenvalue weighted by molar-refractivity contribution is 5.56. The maximum atomic E-state index is 5.47. The summed E-state index contributed by atoms with van der Waals surface area (Å²) in [4.78, 5) is 4.60. The van der Waals surface area contributed by atoms with Crippen molar-refractivity contribution in [3.05, 3.63) is 41.5 Å². The first-order valence-corrected chi connectivity index (χ1v) is 7.16. The first-order chi connectivity index (χ1) is 9.90. The van der Waals surface area contributed by atoms with Crippen molar-refractivity contribution in [1.29, 1.82) is 0 Å². The number of para-hydroxylation sites is 1. The Morgan fingerprint density at radius 3 is 2.85 bits per heavy atom. The van der Waals surface area contributed by atoms with E-state index in [1.54, 1.807) is 0 Å². The molecule has 4 rings (SSSR count). The fourth-order valence-electron chi connectivity index (χ4n) is 2.96. The van der Waals surface area contributed by atoms with Crippen LogP contribution in [0.4, 0.5) is 5.69 Å². The Bertz CT molecular complexity index is 580. The average Bonchev–Trinajstić information content (AvgIpc) is 3.14. The summed E-state index contributed by atoms with van der Waals surface area (Å²) in [5.74, 6) is 1.91. The van der Waals surface area contributed by atoms with Gasteiger partial charge in [-0.15, -0.1) is 0 Å². The molecule has 1 unspecified atom stereocenters. The Morgan fingerprint density at radius 2 is 2.00 bits per heavy atom. The third-order valence-corrected chi connectivity index (χ3v) is 4.11. The van der Waals surface area contributed by atoms with E-state index in [1.807, 2.05) is 6.07 Å². The molecule has 104 valence electrons. The van der Waals surface area contributed by atoms with Gasteiger partial charge >= 0.3 is 0 Å². The van der Waals surface area contributed by atoms with Crippen LogP contribution in [0.3, 0.4) is 0 Å². The topological polar surface area (TPSA) is 60.2 Å². The summed E-state index contributed by atoms with van der Waals surface area (Å²) in [5.41, 5.74) is 2.48. The highest BCUT2D eigenvalue weighted by Gasteiger charge is 2.28. The molecule has 1 aromatic carbocycles. The van der Waals surface area contributed by atoms with Gasteiger partial charge in [-0.1, -0.05) is 23.4 Å². The maximum Gasteiger partial charge on any atom is 0.249 e. The van der Waals surface area contributed by atoms with Crippen LogP contribution in [0.15, 0.2) is 28.8 Å². The normalized spacial score (nSPS) is 22.5. The Hall–Kier alpha value is -1.88. The van der Waals surface area contributed by atoms with E-state index in [4.69, 9.17) is 9.26 Å². The lowest BCUT2D eigenvalue weighted by atomic mass is 10.00. The molecule has 0 spiro atoms. The van der Waals surface area contributed by atoms with Gasteiger partial charge in [0.2, 0.25) is 5.89 Å². The molecule has 2 aliphatic heterocycles. The molecule has 3 heterocycles. The average molecular weight is 271 g/mol. The van der Waals surface area contributed by atoms with Gasteiger partial charge in [0.15, 0.2) is 5.82 Å². The number of nitrogens with one attached hydrogen (secondary N) is 1. The fourth-order valence-corrected chi connectivity index (χ4v) is 2.96. The number of aromatic nitrogens is 2. The second-order valence-electron chi connectivity index (χ2n) is 5.44. The van der Waals surface area contributed by atoms with Gasteiger partial charge < -0.3 is 14.6 Å². The lowest BCUT2D eigenvalue weighted by molar-refractivity contribution is 0.0830. The largest absolute Gasteiger partial charge is 0.381 e. The highest BCUT2D eigenvalue weighted by Crippen LogP contribution is 2.34. The number of benzene rings is 1. The summed E-state index contributed by atoms with van der Waals surface area (Å²) in [7, 11) is 0. The summed E-state index contributed by atoms with van der Waals surface area (Å²) in [6.45, 7) is 1.59. The first kappa shape index (κ1) is 11.9. The molecule has 0 saturated carbocycles. The molecular formula is C15H17N3O2. The van der Waals surface area contributed by atoms with E-state index >= 15 is 0 Å². The zero-order valence-corrected chi connectivity index (χ0v) is 11.2. The van der Waals surface area contributed by atoms with Crippen LogP contribution in [-0.2, 0) is 11.2 Å². The molecule has 2 aliphatic rings. The molecule has 1 atom stereocenters. The van der Waals surface area contributed by atoms with Gasteiger partial charge in [-0.2, -0.15) is 4.98 Å². The van der Waals surface area contributed by atoms with Crippen LogP contribution >= 0.6 is 0 Å². The molecule has 0 amide bonds. The zero-order valence-electron chi connectivity index (χ0n) is 11.2. The van der Waals surface area contributed by atoms with Crippen LogP contribution in [0, 0.1) is 0 Å². The Labute approximate surface area is 117 Å². The van der Waals surface area contributed by atoms with E-state index in [0.717, 1.165) is 38.3 Å². The Kier molecular flexibility index (Phi) is 2.92. The lowest BCUT2D eigenvalue weighted by Gasteiger charge is -2.18. The van der Waals surface area contributed by atoms with Gasteiger partial charge in [0.1, 0.15) is 6.04 Å². The van der Waals surface area contributed by atoms with E-state index in [1.165, 1.54) is 11.3 Å². The van der Waals surface area contributed by atoms with Crippen LogP contribution in [-0.4, -0.2) is 23.4 Å². The SMILES string of the molecule is c1ccc2c(c1)CC(c1nc(C3CCOCC3)no1)N2. The van der Waals surface area contributed by atoms with Crippen molar-refractivity contribution in [2.24, 2.45) is 0 Å². The van der Waals surface area contributed by atoms with Gasteiger partial charge in [0.25, 0.3) is 0 Å². The molecule has 5 nitrogen and oxygen atoms in total. The van der Waals surface area contributed by atoms with Crippen LogP contribution in [0.2, 0.25) is 0 Å². The molecule has 1 fully saturated rings. The van der Waals surface area contributed by atoms with E-state index in [-0.39, 0.29) is 6.04 Å². The molecule has 20 heavy (non-hydrogen) atoms. The summed E-state index contributed by atoms with van der Waals surface area (Å²) in [5, 5.41) is 7.61. The fraction of sp³-hybridized carbons (Fsp3) is 0.467. The van der Waals surface area contributed by atoms with Crippen molar-refractivity contribution in [1.82, 2.24) is 10.1 Å². The molecule has 1 saturated heterocycles. The van der Waals surface area contributed by atoms with Gasteiger partial charge in [0, 0.05) is 31.2 Å². The quantitative estimate of drug-likeness (QED) is 0.910. The Balaban J connectivity index is 1.52. The van der Waals surface area contributed by atoms with Gasteiger partial charge in [-0.25, -0.2) is 0 Å². The number of ether oxygens (including phenoxy) is 1. The second kappa shape index (κ2) is 4.90. The van der Waals surface area contributed by atoms with Crippen LogP contribution < -0.4 is 5.32 Å². The predicted molar refractivity (Wildman–Crippen MR) is 73.6 cm³/mol. The minimum absolute atomic E-state index is 0.105. The molecule has 1 aromatic heterocycles. The monoisotopic (exact) mass is 271 g/mol. The number of nitrogens with zero attached hydrogens (tertiary/aromatic N) is 2. The van der Waals surface area contributed by atoms with Gasteiger partial charge in [-0.05, 0) is 24.5 Å². The highest BCUT2D eigenvalue weighted by atomic mass is 16.5. The summed E-state index contributed by atoms with van der Waals surface area (Å²) in [6.07, 6.45) is 2.88. The number of hydrogen-bond acceptors (Lipinski definition) is 5. The number of anilines is 1. The smallest absolute Gasteiger partial charge is 0.249 e. The zero-order chi connectivity index (χ0) is 13.4. The molecule has 0 aliphatic carbocycles. The Morgan fingerprint density at radius 1 is 1.15 bits per heavy atom. The van der Waals surface area contributed by atoms with E-state index in [2.05, 4.69) is 33.7 Å². The van der Waals surface area contributed by atoms with Crippen molar-refractivity contribution < 1.29 is 9.26 Å². The molecule has 0 radical (unpaired) electrons. The molecule has 2 aromatic rings. The number of rotatable bonds is 2. The second-order valence-corrected chi connectivity index (χ2v) is 5.44. The number of hydrogen-bond donors (Lipinski definition) is 1. The minimum Gasteiger partial charge on any atom is -0.381 e. The third kappa shape index (κ3) is 2.08. The minimum atomic E-state index is 0.105. The van der Waals surface area contributed by atoms with Crippen molar-refractivity contribution >= 4 is 5.69 Å². The third-order valence-electron chi connectivity index (χ3n) is 4.11. The van der Waals surface area contributed by atoms with Gasteiger partial charge in [0.05, 0.1) is 0 Å². The predicted octanol–water partition coefficient (Wildman–Crippen LogP) is 2.67. The standard InChI is InChI=1S/C15H17N3O2/c1-2-4-12-11(3-1)9-13(16-12)15-17-14(18-20-15)10-5-7-19-8-6-10/h1-4,10,13,16H,5-9H2. The number of fused-ring (bicyclic) bond motifs is 1. The van der Waals surface area contributed by atoms with Crippen LogP contribution in [0.25, 0.3) is 0 Å². The van der Waals surface area contributed by atoms with E-state index in [0.29, 0.717) is 11.8 Å². The van der Waals surface area contributed by atoms with Crippen LogP contribution in [0.5, 0.6) is 0 Å². The van der Waals surface area contributed by atoms with Crippen molar-refractivity contribution in [3.8, 4) is 0 Å². The van der Waals surface area contributed by atoms with Gasteiger partial charge in [-0.3, -0.25) is 0 Å². The molecule has 0 bridgehead atoms. The molecular weight excluding hydrogens is 254 g/mol. The van der Waals surface area contributed by atoms with Crippen molar-refractivity contribution in [2.75, 3.05) is 18.5 Å². The summed E-state index contributed by atoms with van der Waals surface area (Å²) >= 11 is 0. The summed E-state index contributed by atoms with van der Waals surface area (Å²) < 4.78 is 10.8. The van der Waals surface area contributed by atoms with E-state index in [9.17, 15) is 0 Å². The van der Waals surface area contributed by atoms with E-state index < -0.39 is 0 Å². The lowest BCUT2D eigenvalue weighted by Crippen LogP contribution is -2.15.